The molecule has 0 bridgehead atoms. The van der Waals surface area contributed by atoms with Crippen molar-refractivity contribution in [3.05, 3.63) is 45.6 Å². The Kier molecular flexibility index (Phi) is 4.17. The number of methoxy groups -OCH3 is 1. The van der Waals surface area contributed by atoms with Gasteiger partial charge in [0.2, 0.25) is 0 Å². The summed E-state index contributed by atoms with van der Waals surface area (Å²) in [5, 5.41) is 3.46. The first-order valence-corrected chi connectivity index (χ1v) is 6.53. The molecule has 0 aliphatic rings. The highest BCUT2D eigenvalue weighted by molar-refractivity contribution is 9.10. The van der Waals surface area contributed by atoms with Crippen molar-refractivity contribution in [1.29, 1.82) is 0 Å². The van der Waals surface area contributed by atoms with Gasteiger partial charge >= 0.3 is 0 Å². The number of benzene rings is 2. The van der Waals surface area contributed by atoms with Gasteiger partial charge in [-0.05, 0) is 34.1 Å². The molecule has 0 aliphatic heterocycles. The fraction of sp³-hybridized carbons (Fsp3) is 0.0769. The maximum absolute atomic E-state index is 13.8. The van der Waals surface area contributed by atoms with E-state index in [1.165, 1.54) is 19.2 Å². The van der Waals surface area contributed by atoms with E-state index in [1.807, 2.05) is 0 Å². The molecule has 2 rings (SSSR count). The molecule has 0 radical (unpaired) electrons. The second kappa shape index (κ2) is 5.67. The van der Waals surface area contributed by atoms with E-state index in [1.54, 1.807) is 18.2 Å². The van der Waals surface area contributed by atoms with Crippen molar-refractivity contribution in [2.75, 3.05) is 18.2 Å². The lowest BCUT2D eigenvalue weighted by Crippen LogP contribution is -1.98. The van der Waals surface area contributed by atoms with Crippen molar-refractivity contribution in [2.24, 2.45) is 0 Å². The maximum Gasteiger partial charge on any atom is 0.148 e. The number of hydrogen-bond acceptors (Lipinski definition) is 3. The van der Waals surface area contributed by atoms with E-state index < -0.39 is 5.82 Å². The molecule has 0 saturated carbocycles. The van der Waals surface area contributed by atoms with E-state index in [0.29, 0.717) is 16.5 Å². The second-order valence-electron chi connectivity index (χ2n) is 3.83. The quantitative estimate of drug-likeness (QED) is 0.801. The molecule has 2 aromatic rings. The minimum atomic E-state index is -0.461. The van der Waals surface area contributed by atoms with Gasteiger partial charge in [-0.15, -0.1) is 0 Å². The minimum absolute atomic E-state index is 0.249. The zero-order valence-corrected chi connectivity index (χ0v) is 12.3. The van der Waals surface area contributed by atoms with Gasteiger partial charge in [-0.3, -0.25) is 0 Å². The number of nitrogens with two attached hydrogens (primary N) is 1. The van der Waals surface area contributed by atoms with Gasteiger partial charge in [-0.25, -0.2) is 4.39 Å². The van der Waals surface area contributed by atoms with Crippen molar-refractivity contribution in [1.82, 2.24) is 0 Å². The van der Waals surface area contributed by atoms with Crippen LogP contribution < -0.4 is 15.8 Å². The van der Waals surface area contributed by atoms with Crippen LogP contribution in [0.1, 0.15) is 0 Å². The average molecular weight is 346 g/mol. The van der Waals surface area contributed by atoms with Gasteiger partial charge in [0.05, 0.1) is 23.5 Å². The van der Waals surface area contributed by atoms with Gasteiger partial charge in [-0.2, -0.15) is 0 Å². The van der Waals surface area contributed by atoms with Crippen molar-refractivity contribution >= 4 is 44.6 Å². The Bertz CT molecular complexity index is 622. The zero-order chi connectivity index (χ0) is 14.0. The van der Waals surface area contributed by atoms with E-state index in [4.69, 9.17) is 22.1 Å². The summed E-state index contributed by atoms with van der Waals surface area (Å²) in [4.78, 5) is 0. The SMILES string of the molecule is COc1cc(Nc2ccc(Br)c(Cl)c2)c(F)cc1N. The van der Waals surface area contributed by atoms with E-state index in [-0.39, 0.29) is 11.4 Å². The molecular formula is C13H11BrClFN2O. The predicted octanol–water partition coefficient (Wildman–Crippen LogP) is 4.58. The van der Waals surface area contributed by atoms with Gasteiger partial charge < -0.3 is 15.8 Å². The van der Waals surface area contributed by atoms with E-state index in [0.717, 1.165) is 4.47 Å². The van der Waals surface area contributed by atoms with Gasteiger partial charge in [0.15, 0.2) is 0 Å². The first-order chi connectivity index (χ1) is 9.01. The lowest BCUT2D eigenvalue weighted by Gasteiger charge is -2.12. The Balaban J connectivity index is 2.34. The molecule has 0 aromatic heterocycles. The Labute approximate surface area is 123 Å². The van der Waals surface area contributed by atoms with Crippen LogP contribution in [0, 0.1) is 5.82 Å². The van der Waals surface area contributed by atoms with Crippen LogP contribution >= 0.6 is 27.5 Å². The Morgan fingerprint density at radius 2 is 2.05 bits per heavy atom. The molecule has 0 fully saturated rings. The molecule has 3 N–H and O–H groups in total. The molecule has 100 valence electrons. The number of rotatable bonds is 3. The van der Waals surface area contributed by atoms with Gasteiger partial charge in [0.1, 0.15) is 11.6 Å². The van der Waals surface area contributed by atoms with Crippen LogP contribution in [0.15, 0.2) is 34.8 Å². The normalized spacial score (nSPS) is 10.3. The molecule has 6 heteroatoms. The summed E-state index contributed by atoms with van der Waals surface area (Å²) in [6.07, 6.45) is 0. The Hall–Kier alpha value is -1.46. The molecule has 0 atom stereocenters. The lowest BCUT2D eigenvalue weighted by atomic mass is 10.2. The number of ether oxygens (including phenoxy) is 1. The van der Waals surface area contributed by atoms with Crippen LogP contribution in [0.3, 0.4) is 0 Å². The summed E-state index contributed by atoms with van der Waals surface area (Å²) in [5.74, 6) is -0.0514. The van der Waals surface area contributed by atoms with E-state index >= 15 is 0 Å². The van der Waals surface area contributed by atoms with E-state index in [2.05, 4.69) is 21.2 Å². The second-order valence-corrected chi connectivity index (χ2v) is 5.09. The molecule has 0 spiro atoms. The topological polar surface area (TPSA) is 47.3 Å². The van der Waals surface area contributed by atoms with Crippen LogP contribution in [0.4, 0.5) is 21.5 Å². The monoisotopic (exact) mass is 344 g/mol. The molecule has 0 aliphatic carbocycles. The molecule has 19 heavy (non-hydrogen) atoms. The molecule has 0 heterocycles. The highest BCUT2D eigenvalue weighted by Crippen LogP contribution is 2.32. The summed E-state index contributed by atoms with van der Waals surface area (Å²) in [7, 11) is 1.48. The molecular weight excluding hydrogens is 335 g/mol. The summed E-state index contributed by atoms with van der Waals surface area (Å²) >= 11 is 9.27. The fourth-order valence-corrected chi connectivity index (χ4v) is 2.00. The maximum atomic E-state index is 13.8. The smallest absolute Gasteiger partial charge is 0.148 e. The third-order valence-electron chi connectivity index (χ3n) is 2.52. The van der Waals surface area contributed by atoms with Crippen LogP contribution in [-0.4, -0.2) is 7.11 Å². The molecule has 0 saturated heterocycles. The summed E-state index contributed by atoms with van der Waals surface area (Å²) in [5.41, 5.74) is 6.80. The van der Waals surface area contributed by atoms with Gasteiger partial charge in [-0.1, -0.05) is 11.6 Å². The standard InChI is InChI=1S/C13H11BrClFN2O/c1-19-13-6-12(10(16)5-11(13)17)18-7-2-3-8(14)9(15)4-7/h2-6,18H,17H2,1H3. The summed E-state index contributed by atoms with van der Waals surface area (Å²) < 4.78 is 19.6. The van der Waals surface area contributed by atoms with Crippen molar-refractivity contribution in [3.63, 3.8) is 0 Å². The highest BCUT2D eigenvalue weighted by atomic mass is 79.9. The number of nitrogens with one attached hydrogen (secondary N) is 1. The molecule has 0 unspecified atom stereocenters. The Morgan fingerprint density at radius 3 is 2.68 bits per heavy atom. The van der Waals surface area contributed by atoms with Crippen molar-refractivity contribution < 1.29 is 9.13 Å². The summed E-state index contributed by atoms with van der Waals surface area (Å²) in [6, 6.07) is 7.95. The third-order valence-corrected chi connectivity index (χ3v) is 3.75. The number of halogens is 3. The van der Waals surface area contributed by atoms with Gasteiger partial charge in [0, 0.05) is 22.3 Å². The first kappa shape index (κ1) is 14.0. The largest absolute Gasteiger partial charge is 0.495 e. The van der Waals surface area contributed by atoms with Gasteiger partial charge in [0.25, 0.3) is 0 Å². The Morgan fingerprint density at radius 1 is 1.32 bits per heavy atom. The van der Waals surface area contributed by atoms with Crippen LogP contribution in [0.2, 0.25) is 5.02 Å². The number of hydrogen-bond donors (Lipinski definition) is 2. The minimum Gasteiger partial charge on any atom is -0.495 e. The molecule has 2 aromatic carbocycles. The average Bonchev–Trinajstić information content (AvgIpc) is 2.37. The van der Waals surface area contributed by atoms with E-state index in [9.17, 15) is 4.39 Å². The van der Waals surface area contributed by atoms with Crippen LogP contribution in [-0.2, 0) is 0 Å². The number of nitrogen functional groups attached to an aromatic ring is 1. The van der Waals surface area contributed by atoms with Crippen LogP contribution in [0.5, 0.6) is 5.75 Å². The third kappa shape index (κ3) is 3.11. The molecule has 3 nitrogen and oxygen atoms in total. The predicted molar refractivity (Wildman–Crippen MR) is 79.8 cm³/mol. The lowest BCUT2D eigenvalue weighted by molar-refractivity contribution is 0.416. The zero-order valence-electron chi connectivity index (χ0n) is 10.0. The molecule has 0 amide bonds. The summed E-state index contributed by atoms with van der Waals surface area (Å²) in [6.45, 7) is 0. The van der Waals surface area contributed by atoms with Crippen molar-refractivity contribution in [3.8, 4) is 5.75 Å². The fourth-order valence-electron chi connectivity index (χ4n) is 1.57. The first-order valence-electron chi connectivity index (χ1n) is 5.36. The van der Waals surface area contributed by atoms with Crippen molar-refractivity contribution in [2.45, 2.75) is 0 Å². The van der Waals surface area contributed by atoms with Crippen LogP contribution in [0.25, 0.3) is 0 Å². The highest BCUT2D eigenvalue weighted by Gasteiger charge is 2.09. The number of anilines is 3.